The minimum atomic E-state index is -1.29. The van der Waals surface area contributed by atoms with Gasteiger partial charge in [-0.15, -0.1) is 0 Å². The minimum absolute atomic E-state index is 0.0359. The Balaban J connectivity index is 2.82. The van der Waals surface area contributed by atoms with Crippen LogP contribution in [0.3, 0.4) is 0 Å². The van der Waals surface area contributed by atoms with Gasteiger partial charge in [0.15, 0.2) is 5.12 Å². The molecule has 2 atom stereocenters. The highest BCUT2D eigenvalue weighted by Crippen LogP contribution is 2.23. The first-order valence-electron chi connectivity index (χ1n) is 5.43. The van der Waals surface area contributed by atoms with E-state index in [4.69, 9.17) is 0 Å². The van der Waals surface area contributed by atoms with Gasteiger partial charge in [0.2, 0.25) is 0 Å². The molecule has 0 amide bonds. The lowest BCUT2D eigenvalue weighted by Gasteiger charge is -2.16. The number of rotatable bonds is 5. The number of hydrogen-bond donors (Lipinski definition) is 2. The largest absolute Gasteiger partial charge is 0.389 e. The summed E-state index contributed by atoms with van der Waals surface area (Å²) < 4.78 is 0. The second kappa shape index (κ2) is 6.60. The first-order valence-corrected chi connectivity index (χ1v) is 6.42. The first kappa shape index (κ1) is 15.5. The number of pyridine rings is 1. The Kier molecular flexibility index (Phi) is 5.40. The molecule has 1 heterocycles. The van der Waals surface area contributed by atoms with Crippen LogP contribution in [0.1, 0.15) is 24.3 Å². The quantitative estimate of drug-likeness (QED) is 0.612. The third-order valence-electron chi connectivity index (χ3n) is 2.43. The lowest BCUT2D eigenvalue weighted by atomic mass is 10.1. The summed E-state index contributed by atoms with van der Waals surface area (Å²) in [7, 11) is 0. The summed E-state index contributed by atoms with van der Waals surface area (Å²) in [5, 5.41) is 30.0. The van der Waals surface area contributed by atoms with Crippen molar-refractivity contribution in [1.29, 1.82) is 0 Å². The lowest BCUT2D eigenvalue weighted by Crippen LogP contribution is -2.22. The number of nitro groups is 1. The molecule has 1 aromatic rings. The van der Waals surface area contributed by atoms with Crippen molar-refractivity contribution in [2.75, 3.05) is 5.75 Å². The average Bonchev–Trinajstić information content (AvgIpc) is 2.34. The summed E-state index contributed by atoms with van der Waals surface area (Å²) in [6.07, 6.45) is -1.41. The van der Waals surface area contributed by atoms with Crippen LogP contribution in [0.15, 0.2) is 12.3 Å². The van der Waals surface area contributed by atoms with E-state index in [-0.39, 0.29) is 22.2 Å². The van der Waals surface area contributed by atoms with Crippen molar-refractivity contribution in [3.05, 3.63) is 33.6 Å². The summed E-state index contributed by atoms with van der Waals surface area (Å²) in [6.45, 7) is 2.88. The molecule has 7 nitrogen and oxygen atoms in total. The molecular weight excluding hydrogens is 272 g/mol. The Morgan fingerprint density at radius 2 is 2.21 bits per heavy atom. The van der Waals surface area contributed by atoms with Gasteiger partial charge in [-0.1, -0.05) is 11.8 Å². The van der Waals surface area contributed by atoms with Crippen LogP contribution < -0.4 is 0 Å². The van der Waals surface area contributed by atoms with Crippen molar-refractivity contribution in [1.82, 2.24) is 4.98 Å². The Labute approximate surface area is 113 Å². The van der Waals surface area contributed by atoms with Gasteiger partial charge in [0, 0.05) is 18.2 Å². The van der Waals surface area contributed by atoms with Crippen LogP contribution in [0.4, 0.5) is 5.69 Å². The van der Waals surface area contributed by atoms with Gasteiger partial charge < -0.3 is 10.2 Å². The molecule has 1 rings (SSSR count). The zero-order valence-electron chi connectivity index (χ0n) is 10.4. The van der Waals surface area contributed by atoms with Crippen LogP contribution >= 0.6 is 11.8 Å². The molecule has 1 aromatic heterocycles. The van der Waals surface area contributed by atoms with Crippen LogP contribution in [-0.2, 0) is 4.79 Å². The zero-order valence-corrected chi connectivity index (χ0v) is 11.3. The van der Waals surface area contributed by atoms with E-state index in [9.17, 15) is 25.1 Å². The van der Waals surface area contributed by atoms with Gasteiger partial charge >= 0.3 is 0 Å². The fourth-order valence-electron chi connectivity index (χ4n) is 1.41. The first-order chi connectivity index (χ1) is 8.82. The summed E-state index contributed by atoms with van der Waals surface area (Å²) >= 11 is 0.890. The Hall–Kier alpha value is -1.51. The molecule has 0 saturated carbocycles. The van der Waals surface area contributed by atoms with Crippen molar-refractivity contribution in [2.45, 2.75) is 26.1 Å². The van der Waals surface area contributed by atoms with Gasteiger partial charge in [-0.05, 0) is 13.0 Å². The maximum absolute atomic E-state index is 10.8. The molecular formula is C11H14N2O5S. The summed E-state index contributed by atoms with van der Waals surface area (Å²) in [6, 6.07) is 1.35. The molecule has 0 aliphatic rings. The van der Waals surface area contributed by atoms with Gasteiger partial charge in [0.05, 0.1) is 16.7 Å². The van der Waals surface area contributed by atoms with Crippen molar-refractivity contribution in [3.8, 4) is 0 Å². The van der Waals surface area contributed by atoms with E-state index < -0.39 is 17.1 Å². The molecule has 0 radical (unpaired) electrons. The second-order valence-corrected chi connectivity index (χ2v) is 5.16. The molecule has 2 N–H and O–H groups in total. The fraction of sp³-hybridized carbons (Fsp3) is 0.455. The monoisotopic (exact) mass is 286 g/mol. The van der Waals surface area contributed by atoms with E-state index in [0.29, 0.717) is 5.56 Å². The molecule has 19 heavy (non-hydrogen) atoms. The number of nitrogens with zero attached hydrogens (tertiary/aromatic N) is 2. The number of carbonyl (C=O) groups is 1. The van der Waals surface area contributed by atoms with E-state index in [0.717, 1.165) is 18.0 Å². The minimum Gasteiger partial charge on any atom is -0.389 e. The number of aliphatic hydroxyl groups excluding tert-OH is 2. The SMILES string of the molecule is CC(=O)SCC(O)C(O)c1cc(C)c([N+](=O)[O-])cn1. The van der Waals surface area contributed by atoms with E-state index in [1.165, 1.54) is 19.9 Å². The van der Waals surface area contributed by atoms with Gasteiger partial charge in [-0.25, -0.2) is 0 Å². The second-order valence-electron chi connectivity index (χ2n) is 3.97. The number of thioether (sulfide) groups is 1. The number of aromatic nitrogens is 1. The van der Waals surface area contributed by atoms with Crippen LogP contribution in [0, 0.1) is 17.0 Å². The molecule has 0 aliphatic carbocycles. The molecule has 0 bridgehead atoms. The standard InChI is InChI=1S/C11H14N2O5S/c1-6-3-8(12-4-9(6)13(17)18)11(16)10(15)5-19-7(2)14/h3-4,10-11,15-16H,5H2,1-2H3. The number of hydrogen-bond acceptors (Lipinski definition) is 7. The lowest BCUT2D eigenvalue weighted by molar-refractivity contribution is -0.385. The molecule has 0 aromatic carbocycles. The van der Waals surface area contributed by atoms with E-state index >= 15 is 0 Å². The van der Waals surface area contributed by atoms with Gasteiger partial charge in [-0.2, -0.15) is 0 Å². The van der Waals surface area contributed by atoms with Crippen molar-refractivity contribution >= 4 is 22.6 Å². The maximum atomic E-state index is 10.8. The molecule has 0 spiro atoms. The third-order valence-corrected chi connectivity index (χ3v) is 3.34. The highest BCUT2D eigenvalue weighted by atomic mass is 32.2. The molecule has 0 aliphatic heterocycles. The average molecular weight is 286 g/mol. The van der Waals surface area contributed by atoms with Crippen LogP contribution in [0.2, 0.25) is 0 Å². The van der Waals surface area contributed by atoms with E-state index in [1.54, 1.807) is 0 Å². The smallest absolute Gasteiger partial charge is 0.290 e. The van der Waals surface area contributed by atoms with E-state index in [1.807, 2.05) is 0 Å². The van der Waals surface area contributed by atoms with Gasteiger partial charge in [-0.3, -0.25) is 19.9 Å². The van der Waals surface area contributed by atoms with Crippen LogP contribution in [0.25, 0.3) is 0 Å². The molecule has 8 heteroatoms. The van der Waals surface area contributed by atoms with Gasteiger partial charge in [0.1, 0.15) is 12.3 Å². The molecule has 0 saturated heterocycles. The van der Waals surface area contributed by atoms with Crippen molar-refractivity contribution < 1.29 is 19.9 Å². The zero-order chi connectivity index (χ0) is 14.6. The Morgan fingerprint density at radius 3 is 2.68 bits per heavy atom. The van der Waals surface area contributed by atoms with Crippen molar-refractivity contribution in [2.24, 2.45) is 0 Å². The Bertz CT molecular complexity index is 494. The maximum Gasteiger partial charge on any atom is 0.290 e. The fourth-order valence-corrected chi connectivity index (χ4v) is 2.00. The number of carbonyl (C=O) groups excluding carboxylic acids is 1. The normalized spacial score (nSPS) is 13.9. The van der Waals surface area contributed by atoms with Crippen LogP contribution in [-0.4, -0.2) is 37.1 Å². The predicted octanol–water partition coefficient (Wildman–Crippen LogP) is 0.972. The third kappa shape index (κ3) is 4.27. The topological polar surface area (TPSA) is 114 Å². The molecule has 2 unspecified atom stereocenters. The predicted molar refractivity (Wildman–Crippen MR) is 69.7 cm³/mol. The highest BCUT2D eigenvalue weighted by molar-refractivity contribution is 8.13. The molecule has 104 valence electrons. The van der Waals surface area contributed by atoms with Crippen molar-refractivity contribution in [3.63, 3.8) is 0 Å². The highest BCUT2D eigenvalue weighted by Gasteiger charge is 2.22. The molecule has 0 fully saturated rings. The van der Waals surface area contributed by atoms with Crippen LogP contribution in [0.5, 0.6) is 0 Å². The Morgan fingerprint density at radius 1 is 1.58 bits per heavy atom. The number of aryl methyl sites for hydroxylation is 1. The number of aliphatic hydroxyl groups is 2. The van der Waals surface area contributed by atoms with Gasteiger partial charge in [0.25, 0.3) is 5.69 Å². The summed E-state index contributed by atoms with van der Waals surface area (Å²) in [5.41, 5.74) is 0.337. The summed E-state index contributed by atoms with van der Waals surface area (Å²) in [5.74, 6) is 0.0359. The van der Waals surface area contributed by atoms with E-state index in [2.05, 4.69) is 4.98 Å². The summed E-state index contributed by atoms with van der Waals surface area (Å²) in [4.78, 5) is 24.6.